The summed E-state index contributed by atoms with van der Waals surface area (Å²) in [6.07, 6.45) is 0. The maximum absolute atomic E-state index is 12.9. The van der Waals surface area contributed by atoms with Gasteiger partial charge >= 0.3 is 6.03 Å². The molecular formula is C19H26N4O4. The molecule has 0 spiro atoms. The number of rotatable bonds is 6. The van der Waals surface area contributed by atoms with Crippen LogP contribution in [0.25, 0.3) is 0 Å². The fourth-order valence-corrected chi connectivity index (χ4v) is 2.88. The van der Waals surface area contributed by atoms with E-state index in [9.17, 15) is 19.2 Å². The lowest BCUT2D eigenvalue weighted by atomic mass is 9.90. The maximum Gasteiger partial charge on any atom is 0.325 e. The second kappa shape index (κ2) is 7.77. The van der Waals surface area contributed by atoms with Crippen LogP contribution in [0.2, 0.25) is 0 Å². The standard InChI is InChI=1S/C19H26N4O4/c1-12(2)13-6-8-14(9-7-13)19(3)17(26)23(18(27)21-19)11-16(25)22(5)10-15(24)20-4/h6-9,12H,10-11H2,1-5H3,(H,20,24)(H,21,27)/t19-/m0/s1. The van der Waals surface area contributed by atoms with Crippen LogP contribution in [-0.4, -0.2) is 60.7 Å². The Labute approximate surface area is 158 Å². The molecule has 2 N–H and O–H groups in total. The Morgan fingerprint density at radius 2 is 1.81 bits per heavy atom. The smallest absolute Gasteiger partial charge is 0.325 e. The molecule has 0 unspecified atom stereocenters. The molecule has 8 heteroatoms. The molecule has 5 amide bonds. The van der Waals surface area contributed by atoms with E-state index in [-0.39, 0.29) is 12.5 Å². The number of hydrogen-bond acceptors (Lipinski definition) is 4. The monoisotopic (exact) mass is 374 g/mol. The van der Waals surface area contributed by atoms with Crippen molar-refractivity contribution in [2.45, 2.75) is 32.2 Å². The van der Waals surface area contributed by atoms with E-state index >= 15 is 0 Å². The summed E-state index contributed by atoms with van der Waals surface area (Å²) in [4.78, 5) is 50.9. The van der Waals surface area contributed by atoms with E-state index in [1.807, 2.05) is 24.3 Å². The molecule has 1 aromatic carbocycles. The molecule has 1 fully saturated rings. The third-order valence-electron chi connectivity index (χ3n) is 4.81. The number of amides is 5. The van der Waals surface area contributed by atoms with E-state index in [2.05, 4.69) is 24.5 Å². The largest absolute Gasteiger partial charge is 0.358 e. The van der Waals surface area contributed by atoms with Crippen LogP contribution in [0, 0.1) is 0 Å². The van der Waals surface area contributed by atoms with E-state index in [4.69, 9.17) is 0 Å². The summed E-state index contributed by atoms with van der Waals surface area (Å²) >= 11 is 0. The first-order valence-corrected chi connectivity index (χ1v) is 8.79. The van der Waals surface area contributed by atoms with E-state index in [1.54, 1.807) is 6.92 Å². The number of hydrogen-bond donors (Lipinski definition) is 2. The van der Waals surface area contributed by atoms with Crippen LogP contribution >= 0.6 is 0 Å². The van der Waals surface area contributed by atoms with Gasteiger partial charge in [-0.2, -0.15) is 0 Å². The van der Waals surface area contributed by atoms with Crippen molar-refractivity contribution in [3.8, 4) is 0 Å². The highest BCUT2D eigenvalue weighted by Crippen LogP contribution is 2.29. The Kier molecular flexibility index (Phi) is 5.88. The minimum Gasteiger partial charge on any atom is -0.358 e. The van der Waals surface area contributed by atoms with E-state index in [0.29, 0.717) is 11.5 Å². The SMILES string of the molecule is CNC(=O)CN(C)C(=O)CN1C(=O)N[C@@](C)(c2ccc(C(C)C)cc2)C1=O. The van der Waals surface area contributed by atoms with Gasteiger partial charge in [0, 0.05) is 14.1 Å². The molecule has 146 valence electrons. The van der Waals surface area contributed by atoms with Gasteiger partial charge in [-0.3, -0.25) is 19.3 Å². The summed E-state index contributed by atoms with van der Waals surface area (Å²) in [5.41, 5.74) is 0.549. The van der Waals surface area contributed by atoms with Gasteiger partial charge in [0.2, 0.25) is 11.8 Å². The molecule has 2 rings (SSSR count). The molecule has 1 saturated heterocycles. The van der Waals surface area contributed by atoms with Crippen LogP contribution in [0.1, 0.15) is 37.8 Å². The van der Waals surface area contributed by atoms with Gasteiger partial charge in [0.15, 0.2) is 0 Å². The van der Waals surface area contributed by atoms with Gasteiger partial charge in [-0.05, 0) is 24.0 Å². The molecule has 1 heterocycles. The molecule has 0 aromatic heterocycles. The van der Waals surface area contributed by atoms with Gasteiger partial charge in [0.1, 0.15) is 12.1 Å². The van der Waals surface area contributed by atoms with Gasteiger partial charge in [-0.15, -0.1) is 0 Å². The molecule has 0 bridgehead atoms. The second-order valence-corrected chi connectivity index (χ2v) is 7.15. The summed E-state index contributed by atoms with van der Waals surface area (Å²) in [6, 6.07) is 6.86. The van der Waals surface area contributed by atoms with Crippen LogP contribution in [0.15, 0.2) is 24.3 Å². The van der Waals surface area contributed by atoms with Crippen LogP contribution in [0.4, 0.5) is 4.79 Å². The van der Waals surface area contributed by atoms with Crippen molar-refractivity contribution in [1.82, 2.24) is 20.4 Å². The van der Waals surface area contributed by atoms with Gasteiger partial charge in [0.05, 0.1) is 6.54 Å². The second-order valence-electron chi connectivity index (χ2n) is 7.15. The van der Waals surface area contributed by atoms with Crippen molar-refractivity contribution < 1.29 is 19.2 Å². The van der Waals surface area contributed by atoms with Crippen molar-refractivity contribution >= 4 is 23.8 Å². The first-order valence-electron chi connectivity index (χ1n) is 8.79. The predicted molar refractivity (Wildman–Crippen MR) is 99.8 cm³/mol. The number of likely N-dealkylation sites (N-methyl/N-ethyl adjacent to an activating group) is 2. The predicted octanol–water partition coefficient (Wildman–Crippen LogP) is 0.781. The number of carbonyl (C=O) groups is 4. The molecule has 0 saturated carbocycles. The van der Waals surface area contributed by atoms with Gasteiger partial charge in [0.25, 0.3) is 5.91 Å². The zero-order chi connectivity index (χ0) is 20.4. The fraction of sp³-hybridized carbons (Fsp3) is 0.474. The summed E-state index contributed by atoms with van der Waals surface area (Å²) < 4.78 is 0. The molecular weight excluding hydrogens is 348 g/mol. The third-order valence-corrected chi connectivity index (χ3v) is 4.81. The lowest BCUT2D eigenvalue weighted by Crippen LogP contribution is -2.45. The summed E-state index contributed by atoms with van der Waals surface area (Å²) in [5, 5.41) is 5.10. The molecule has 0 radical (unpaired) electrons. The lowest BCUT2D eigenvalue weighted by Gasteiger charge is -2.23. The highest BCUT2D eigenvalue weighted by atomic mass is 16.2. The summed E-state index contributed by atoms with van der Waals surface area (Å²) in [6.45, 7) is 5.20. The van der Waals surface area contributed by atoms with Crippen LogP contribution in [0.5, 0.6) is 0 Å². The minimum atomic E-state index is -1.23. The molecule has 0 aliphatic carbocycles. The normalized spacial score (nSPS) is 19.3. The van der Waals surface area contributed by atoms with Gasteiger partial charge < -0.3 is 15.5 Å². The van der Waals surface area contributed by atoms with Crippen molar-refractivity contribution in [2.75, 3.05) is 27.2 Å². The number of nitrogens with zero attached hydrogens (tertiary/aromatic N) is 2. The average Bonchev–Trinajstić information content (AvgIpc) is 2.85. The van der Waals surface area contributed by atoms with Crippen LogP contribution in [0.3, 0.4) is 0 Å². The Balaban J connectivity index is 2.15. The van der Waals surface area contributed by atoms with Crippen molar-refractivity contribution in [2.24, 2.45) is 0 Å². The zero-order valence-electron chi connectivity index (χ0n) is 16.3. The Morgan fingerprint density at radius 3 is 2.33 bits per heavy atom. The van der Waals surface area contributed by atoms with E-state index in [0.717, 1.165) is 10.5 Å². The van der Waals surface area contributed by atoms with E-state index in [1.165, 1.54) is 19.0 Å². The number of urea groups is 1. The van der Waals surface area contributed by atoms with Gasteiger partial charge in [-0.1, -0.05) is 38.1 Å². The molecule has 1 atom stereocenters. The lowest BCUT2D eigenvalue weighted by molar-refractivity contribution is -0.139. The quantitative estimate of drug-likeness (QED) is 0.719. The maximum atomic E-state index is 12.9. The Bertz CT molecular complexity index is 759. The highest BCUT2D eigenvalue weighted by Gasteiger charge is 2.49. The Morgan fingerprint density at radius 1 is 1.22 bits per heavy atom. The fourth-order valence-electron chi connectivity index (χ4n) is 2.88. The van der Waals surface area contributed by atoms with Crippen LogP contribution < -0.4 is 10.6 Å². The van der Waals surface area contributed by atoms with E-state index < -0.39 is 29.9 Å². The Hall–Kier alpha value is -2.90. The van der Waals surface area contributed by atoms with Crippen molar-refractivity contribution in [1.29, 1.82) is 0 Å². The molecule has 1 aliphatic rings. The topological polar surface area (TPSA) is 98.8 Å². The highest BCUT2D eigenvalue weighted by molar-refractivity contribution is 6.09. The zero-order valence-corrected chi connectivity index (χ0v) is 16.3. The first-order chi connectivity index (χ1) is 12.6. The number of carbonyl (C=O) groups excluding carboxylic acids is 4. The minimum absolute atomic E-state index is 0.146. The number of benzene rings is 1. The summed E-state index contributed by atoms with van der Waals surface area (Å²) in [7, 11) is 2.91. The summed E-state index contributed by atoms with van der Waals surface area (Å²) in [5.74, 6) is -0.975. The van der Waals surface area contributed by atoms with Crippen molar-refractivity contribution in [3.05, 3.63) is 35.4 Å². The first kappa shape index (κ1) is 20.4. The number of nitrogens with one attached hydrogen (secondary N) is 2. The molecule has 8 nitrogen and oxygen atoms in total. The van der Waals surface area contributed by atoms with Crippen LogP contribution in [-0.2, 0) is 19.9 Å². The third kappa shape index (κ3) is 4.10. The number of imide groups is 1. The average molecular weight is 374 g/mol. The molecule has 27 heavy (non-hydrogen) atoms. The van der Waals surface area contributed by atoms with Crippen molar-refractivity contribution in [3.63, 3.8) is 0 Å². The molecule has 1 aliphatic heterocycles. The van der Waals surface area contributed by atoms with Gasteiger partial charge in [-0.25, -0.2) is 4.79 Å². The molecule has 1 aromatic rings.